The van der Waals surface area contributed by atoms with Gasteiger partial charge in [0.15, 0.2) is 0 Å². The van der Waals surface area contributed by atoms with Gasteiger partial charge in [-0.3, -0.25) is 0 Å². The summed E-state index contributed by atoms with van der Waals surface area (Å²) < 4.78 is 18.5. The van der Waals surface area contributed by atoms with Gasteiger partial charge in [-0.25, -0.2) is 4.39 Å². The van der Waals surface area contributed by atoms with Crippen molar-refractivity contribution in [3.05, 3.63) is 28.5 Å². The molecule has 0 atom stereocenters. The van der Waals surface area contributed by atoms with Gasteiger partial charge in [0, 0.05) is 6.54 Å². The van der Waals surface area contributed by atoms with E-state index in [1.165, 1.54) is 6.07 Å². The van der Waals surface area contributed by atoms with Crippen LogP contribution in [0.3, 0.4) is 0 Å². The zero-order valence-corrected chi connectivity index (χ0v) is 8.90. The molecule has 1 rings (SSSR count). The highest BCUT2D eigenvalue weighted by molar-refractivity contribution is 9.10. The molecule has 1 N–H and O–H groups in total. The van der Waals surface area contributed by atoms with Crippen molar-refractivity contribution in [2.75, 3.05) is 20.2 Å². The average molecular weight is 248 g/mol. The number of hydrogen-bond donors (Lipinski definition) is 1. The first-order valence-corrected chi connectivity index (χ1v) is 4.76. The van der Waals surface area contributed by atoms with Crippen LogP contribution in [0.1, 0.15) is 0 Å². The molecule has 0 spiro atoms. The molecule has 0 fully saturated rings. The van der Waals surface area contributed by atoms with Crippen molar-refractivity contribution in [3.8, 4) is 5.75 Å². The Morgan fingerprint density at radius 2 is 2.31 bits per heavy atom. The third kappa shape index (κ3) is 3.32. The van der Waals surface area contributed by atoms with Crippen molar-refractivity contribution in [2.45, 2.75) is 0 Å². The highest BCUT2D eigenvalue weighted by Gasteiger charge is 2.00. The van der Waals surface area contributed by atoms with Gasteiger partial charge in [0.1, 0.15) is 18.2 Å². The first kappa shape index (κ1) is 10.5. The summed E-state index contributed by atoms with van der Waals surface area (Å²) in [5.41, 5.74) is 0. The van der Waals surface area contributed by atoms with Crippen LogP contribution in [-0.2, 0) is 0 Å². The maximum Gasteiger partial charge on any atom is 0.137 e. The van der Waals surface area contributed by atoms with Crippen LogP contribution in [0, 0.1) is 5.82 Å². The normalized spacial score (nSPS) is 10.1. The molecule has 0 heterocycles. The molecule has 0 saturated heterocycles. The maximum absolute atomic E-state index is 12.8. The Kier molecular flexibility index (Phi) is 4.18. The summed E-state index contributed by atoms with van der Waals surface area (Å²) in [6.07, 6.45) is 0. The number of ether oxygens (including phenoxy) is 1. The van der Waals surface area contributed by atoms with Crippen molar-refractivity contribution in [1.82, 2.24) is 5.32 Å². The van der Waals surface area contributed by atoms with Gasteiger partial charge in [0.25, 0.3) is 0 Å². The van der Waals surface area contributed by atoms with Gasteiger partial charge < -0.3 is 10.1 Å². The standard InChI is InChI=1S/C9H11BrFNO/c1-12-4-5-13-7-2-3-9(11)8(10)6-7/h2-3,6,12H,4-5H2,1H3. The molecule has 0 radical (unpaired) electrons. The van der Waals surface area contributed by atoms with Crippen LogP contribution < -0.4 is 10.1 Å². The molecule has 0 unspecified atom stereocenters. The molecule has 1 aromatic carbocycles. The van der Waals surface area contributed by atoms with Gasteiger partial charge in [-0.05, 0) is 41.2 Å². The molecule has 1 aromatic rings. The fraction of sp³-hybridized carbons (Fsp3) is 0.333. The van der Waals surface area contributed by atoms with Gasteiger partial charge in [-0.15, -0.1) is 0 Å². The minimum Gasteiger partial charge on any atom is -0.492 e. The van der Waals surface area contributed by atoms with E-state index in [2.05, 4.69) is 21.2 Å². The second kappa shape index (κ2) is 5.19. The molecule has 0 saturated carbocycles. The second-order valence-corrected chi connectivity index (χ2v) is 3.38. The lowest BCUT2D eigenvalue weighted by atomic mass is 10.3. The Hall–Kier alpha value is -0.610. The lowest BCUT2D eigenvalue weighted by Crippen LogP contribution is -2.15. The van der Waals surface area contributed by atoms with E-state index in [9.17, 15) is 4.39 Å². The van der Waals surface area contributed by atoms with Crippen molar-refractivity contribution in [1.29, 1.82) is 0 Å². The summed E-state index contributed by atoms with van der Waals surface area (Å²) in [7, 11) is 1.85. The molecule has 0 aliphatic heterocycles. The fourth-order valence-electron chi connectivity index (χ4n) is 0.838. The number of benzene rings is 1. The van der Waals surface area contributed by atoms with Gasteiger partial charge in [0.05, 0.1) is 4.47 Å². The van der Waals surface area contributed by atoms with Crippen LogP contribution >= 0.6 is 15.9 Å². The zero-order valence-electron chi connectivity index (χ0n) is 7.31. The second-order valence-electron chi connectivity index (χ2n) is 2.53. The minimum atomic E-state index is -0.277. The highest BCUT2D eigenvalue weighted by atomic mass is 79.9. The van der Waals surface area contributed by atoms with Crippen molar-refractivity contribution in [3.63, 3.8) is 0 Å². The predicted octanol–water partition coefficient (Wildman–Crippen LogP) is 2.19. The predicted molar refractivity (Wildman–Crippen MR) is 53.5 cm³/mol. The first-order chi connectivity index (χ1) is 6.24. The summed E-state index contributed by atoms with van der Waals surface area (Å²) in [4.78, 5) is 0. The SMILES string of the molecule is CNCCOc1ccc(F)c(Br)c1. The zero-order chi connectivity index (χ0) is 9.68. The van der Waals surface area contributed by atoms with Gasteiger partial charge in [-0.2, -0.15) is 0 Å². The van der Waals surface area contributed by atoms with Gasteiger partial charge >= 0.3 is 0 Å². The Labute approximate surface area is 85.2 Å². The van der Waals surface area contributed by atoms with E-state index in [-0.39, 0.29) is 5.82 Å². The third-order valence-electron chi connectivity index (χ3n) is 1.51. The molecule has 0 amide bonds. The lowest BCUT2D eigenvalue weighted by Gasteiger charge is -2.05. The topological polar surface area (TPSA) is 21.3 Å². The Balaban J connectivity index is 2.53. The van der Waals surface area contributed by atoms with Crippen LogP contribution in [0.4, 0.5) is 4.39 Å². The van der Waals surface area contributed by atoms with E-state index in [0.717, 1.165) is 6.54 Å². The van der Waals surface area contributed by atoms with Crippen LogP contribution in [0.15, 0.2) is 22.7 Å². The molecule has 2 nitrogen and oxygen atoms in total. The number of likely N-dealkylation sites (N-methyl/N-ethyl adjacent to an activating group) is 1. The number of halogens is 2. The molecule has 0 aromatic heterocycles. The lowest BCUT2D eigenvalue weighted by molar-refractivity contribution is 0.317. The van der Waals surface area contributed by atoms with E-state index in [1.54, 1.807) is 12.1 Å². The smallest absolute Gasteiger partial charge is 0.137 e. The molecule has 72 valence electrons. The molecule has 0 aliphatic carbocycles. The first-order valence-electron chi connectivity index (χ1n) is 3.96. The van der Waals surface area contributed by atoms with Crippen molar-refractivity contribution < 1.29 is 9.13 Å². The minimum absolute atomic E-state index is 0.277. The summed E-state index contributed by atoms with van der Waals surface area (Å²) in [5, 5.41) is 2.95. The van der Waals surface area contributed by atoms with E-state index in [0.29, 0.717) is 16.8 Å². The molecule has 0 aliphatic rings. The van der Waals surface area contributed by atoms with Crippen molar-refractivity contribution in [2.24, 2.45) is 0 Å². The molecular formula is C9H11BrFNO. The van der Waals surface area contributed by atoms with E-state index >= 15 is 0 Å². The van der Waals surface area contributed by atoms with Gasteiger partial charge in [-0.1, -0.05) is 0 Å². The van der Waals surface area contributed by atoms with Crippen LogP contribution in [0.25, 0.3) is 0 Å². The Bertz CT molecular complexity index is 280. The maximum atomic E-state index is 12.8. The summed E-state index contributed by atoms with van der Waals surface area (Å²) in [5.74, 6) is 0.393. The monoisotopic (exact) mass is 247 g/mol. The van der Waals surface area contributed by atoms with Gasteiger partial charge in [0.2, 0.25) is 0 Å². The number of rotatable bonds is 4. The van der Waals surface area contributed by atoms with E-state index in [1.807, 2.05) is 7.05 Å². The van der Waals surface area contributed by atoms with Crippen LogP contribution in [-0.4, -0.2) is 20.2 Å². The molecule has 13 heavy (non-hydrogen) atoms. The fourth-order valence-corrected chi connectivity index (χ4v) is 1.20. The number of nitrogens with one attached hydrogen (secondary N) is 1. The van der Waals surface area contributed by atoms with E-state index in [4.69, 9.17) is 4.74 Å². The van der Waals surface area contributed by atoms with Crippen LogP contribution in [0.2, 0.25) is 0 Å². The Morgan fingerprint density at radius 1 is 1.54 bits per heavy atom. The van der Waals surface area contributed by atoms with E-state index < -0.39 is 0 Å². The quantitative estimate of drug-likeness (QED) is 0.824. The van der Waals surface area contributed by atoms with Crippen molar-refractivity contribution >= 4 is 15.9 Å². The summed E-state index contributed by atoms with van der Waals surface area (Å²) >= 11 is 3.08. The van der Waals surface area contributed by atoms with Crippen LogP contribution in [0.5, 0.6) is 5.75 Å². The highest BCUT2D eigenvalue weighted by Crippen LogP contribution is 2.21. The summed E-state index contributed by atoms with van der Waals surface area (Å²) in [6, 6.07) is 4.60. The number of hydrogen-bond acceptors (Lipinski definition) is 2. The molecule has 4 heteroatoms. The molecule has 0 bridgehead atoms. The Morgan fingerprint density at radius 3 is 2.92 bits per heavy atom. The average Bonchev–Trinajstić information content (AvgIpc) is 2.12. The summed E-state index contributed by atoms with van der Waals surface area (Å²) in [6.45, 7) is 1.35. The molecular weight excluding hydrogens is 237 g/mol. The third-order valence-corrected chi connectivity index (χ3v) is 2.12. The largest absolute Gasteiger partial charge is 0.492 e.